The third kappa shape index (κ3) is 5.71. The predicted octanol–water partition coefficient (Wildman–Crippen LogP) is 5.23. The van der Waals surface area contributed by atoms with Crippen molar-refractivity contribution < 1.29 is 9.59 Å². The average molecular weight is 485 g/mol. The molecule has 2 aromatic carbocycles. The first kappa shape index (κ1) is 23.6. The number of piperidine rings is 1. The van der Waals surface area contributed by atoms with Crippen LogP contribution in [-0.2, 0) is 16.1 Å². The molecule has 0 radical (unpaired) electrons. The normalized spacial score (nSPS) is 18.5. The molecule has 0 saturated carbocycles. The lowest BCUT2D eigenvalue weighted by molar-refractivity contribution is -0.134. The van der Waals surface area contributed by atoms with Crippen molar-refractivity contribution in [2.75, 3.05) is 24.2 Å². The lowest BCUT2D eigenvalue weighted by Gasteiger charge is -2.35. The zero-order valence-corrected chi connectivity index (χ0v) is 20.7. The van der Waals surface area contributed by atoms with E-state index in [0.717, 1.165) is 36.1 Å². The lowest BCUT2D eigenvalue weighted by atomic mass is 9.92. The number of thioether (sulfide) groups is 1. The first-order chi connectivity index (χ1) is 15.8. The van der Waals surface area contributed by atoms with Crippen molar-refractivity contribution in [1.82, 2.24) is 14.5 Å². The van der Waals surface area contributed by atoms with Crippen molar-refractivity contribution in [3.05, 3.63) is 53.1 Å². The van der Waals surface area contributed by atoms with Gasteiger partial charge >= 0.3 is 0 Å². The van der Waals surface area contributed by atoms with Crippen LogP contribution >= 0.6 is 23.4 Å². The molecule has 0 aliphatic carbocycles. The van der Waals surface area contributed by atoms with Gasteiger partial charge in [-0.25, -0.2) is 4.98 Å². The van der Waals surface area contributed by atoms with Crippen molar-refractivity contribution in [1.29, 1.82) is 0 Å². The Morgan fingerprint density at radius 2 is 1.88 bits per heavy atom. The summed E-state index contributed by atoms with van der Waals surface area (Å²) in [5, 5.41) is 4.16. The molecule has 2 amide bonds. The monoisotopic (exact) mass is 484 g/mol. The predicted molar refractivity (Wildman–Crippen MR) is 135 cm³/mol. The third-order valence-electron chi connectivity index (χ3n) is 5.92. The number of anilines is 1. The minimum Gasteiger partial charge on any atom is -0.341 e. The van der Waals surface area contributed by atoms with Gasteiger partial charge in [-0.2, -0.15) is 0 Å². The Hall–Kier alpha value is -2.51. The van der Waals surface area contributed by atoms with Crippen molar-refractivity contribution in [2.45, 2.75) is 38.9 Å². The van der Waals surface area contributed by atoms with Crippen LogP contribution < -0.4 is 5.32 Å². The second kappa shape index (κ2) is 10.2. The molecule has 1 N–H and O–H groups in total. The molecule has 0 bridgehead atoms. The third-order valence-corrected chi connectivity index (χ3v) is 7.31. The number of benzene rings is 2. The Kier molecular flexibility index (Phi) is 7.29. The zero-order valence-electron chi connectivity index (χ0n) is 19.2. The molecule has 33 heavy (non-hydrogen) atoms. The summed E-state index contributed by atoms with van der Waals surface area (Å²) in [5.74, 6) is 1.14. The summed E-state index contributed by atoms with van der Waals surface area (Å²) in [4.78, 5) is 32.4. The van der Waals surface area contributed by atoms with Crippen LogP contribution in [0.5, 0.6) is 0 Å². The molecule has 4 rings (SSSR count). The fourth-order valence-corrected chi connectivity index (χ4v) is 5.41. The number of aromatic nitrogens is 2. The summed E-state index contributed by atoms with van der Waals surface area (Å²) < 4.78 is 1.93. The molecule has 1 fully saturated rings. The number of aryl methyl sites for hydroxylation is 1. The highest BCUT2D eigenvalue weighted by Gasteiger charge is 2.26. The summed E-state index contributed by atoms with van der Waals surface area (Å²) >= 11 is 7.49. The van der Waals surface area contributed by atoms with Gasteiger partial charge in [-0.05, 0) is 55.0 Å². The maximum Gasteiger partial charge on any atom is 0.242 e. The van der Waals surface area contributed by atoms with Crippen LogP contribution in [0.1, 0.15) is 25.8 Å². The number of para-hydroxylation sites is 2. The maximum atomic E-state index is 13.2. The number of carbonyl (C=O) groups is 2. The Labute approximate surface area is 203 Å². The van der Waals surface area contributed by atoms with Gasteiger partial charge in [-0.3, -0.25) is 9.59 Å². The van der Waals surface area contributed by atoms with E-state index in [-0.39, 0.29) is 24.1 Å². The van der Waals surface area contributed by atoms with E-state index in [4.69, 9.17) is 16.6 Å². The first-order valence-corrected chi connectivity index (χ1v) is 12.6. The molecule has 6 nitrogen and oxygen atoms in total. The summed E-state index contributed by atoms with van der Waals surface area (Å²) in [6.07, 6.45) is 1.15. The largest absolute Gasteiger partial charge is 0.341 e. The second-order valence-electron chi connectivity index (χ2n) is 9.01. The number of imidazole rings is 1. The summed E-state index contributed by atoms with van der Waals surface area (Å²) in [6.45, 7) is 8.12. The Morgan fingerprint density at radius 1 is 1.15 bits per heavy atom. The number of halogens is 1. The van der Waals surface area contributed by atoms with Crippen LogP contribution in [0.25, 0.3) is 11.0 Å². The Bertz CT molecular complexity index is 1170. The van der Waals surface area contributed by atoms with E-state index in [0.29, 0.717) is 27.7 Å². The number of carbonyl (C=O) groups excluding carboxylic acids is 2. The average Bonchev–Trinajstić information content (AvgIpc) is 3.11. The molecular formula is C25H29ClN4O2S. The molecule has 2 atom stereocenters. The van der Waals surface area contributed by atoms with Crippen molar-refractivity contribution in [2.24, 2.45) is 11.8 Å². The molecule has 3 aromatic rings. The summed E-state index contributed by atoms with van der Waals surface area (Å²) in [5.41, 5.74) is 3.34. The second-order valence-corrected chi connectivity index (χ2v) is 10.4. The SMILES string of the molecule is Cc1ccc(NC(=O)CSc2nc3ccccc3n2CC(=O)N2C[C@H](C)C[C@@H](C)C2)cc1Cl. The Morgan fingerprint density at radius 3 is 2.61 bits per heavy atom. The van der Waals surface area contributed by atoms with Gasteiger partial charge in [-0.1, -0.05) is 55.4 Å². The van der Waals surface area contributed by atoms with Crippen molar-refractivity contribution >= 4 is 51.9 Å². The number of rotatable bonds is 6. The number of hydrogen-bond donors (Lipinski definition) is 1. The van der Waals surface area contributed by atoms with E-state index in [1.54, 1.807) is 6.07 Å². The van der Waals surface area contributed by atoms with E-state index in [2.05, 4.69) is 19.2 Å². The highest BCUT2D eigenvalue weighted by molar-refractivity contribution is 7.99. The minimum atomic E-state index is -0.150. The van der Waals surface area contributed by atoms with E-state index in [9.17, 15) is 9.59 Å². The molecular weight excluding hydrogens is 456 g/mol. The number of nitrogens with one attached hydrogen (secondary N) is 1. The molecule has 174 valence electrons. The molecule has 1 aliphatic rings. The quantitative estimate of drug-likeness (QED) is 0.486. The molecule has 2 heterocycles. The number of amides is 2. The lowest BCUT2D eigenvalue weighted by Crippen LogP contribution is -2.44. The summed E-state index contributed by atoms with van der Waals surface area (Å²) in [7, 11) is 0. The van der Waals surface area contributed by atoms with Gasteiger partial charge in [0.25, 0.3) is 0 Å². The van der Waals surface area contributed by atoms with Crippen LogP contribution in [0.15, 0.2) is 47.6 Å². The smallest absolute Gasteiger partial charge is 0.242 e. The first-order valence-electron chi connectivity index (χ1n) is 11.2. The molecule has 1 aliphatic heterocycles. The minimum absolute atomic E-state index is 0.0946. The van der Waals surface area contributed by atoms with Crippen LogP contribution in [0.2, 0.25) is 5.02 Å². The van der Waals surface area contributed by atoms with Gasteiger partial charge in [0.1, 0.15) is 6.54 Å². The fourth-order valence-electron chi connectivity index (χ4n) is 4.42. The molecule has 1 aromatic heterocycles. The molecule has 0 unspecified atom stereocenters. The van der Waals surface area contributed by atoms with Crippen molar-refractivity contribution in [3.8, 4) is 0 Å². The topological polar surface area (TPSA) is 67.2 Å². The highest BCUT2D eigenvalue weighted by Crippen LogP contribution is 2.26. The van der Waals surface area contributed by atoms with Crippen molar-refractivity contribution in [3.63, 3.8) is 0 Å². The van der Waals surface area contributed by atoms with Gasteiger partial charge < -0.3 is 14.8 Å². The fraction of sp³-hybridized carbons (Fsp3) is 0.400. The van der Waals surface area contributed by atoms with E-state index >= 15 is 0 Å². The Balaban J connectivity index is 1.48. The number of nitrogens with zero attached hydrogens (tertiary/aromatic N) is 3. The van der Waals surface area contributed by atoms with Crippen LogP contribution in [0.4, 0.5) is 5.69 Å². The molecule has 0 spiro atoms. The van der Waals surface area contributed by atoms with Gasteiger partial charge in [0.2, 0.25) is 11.8 Å². The maximum absolute atomic E-state index is 13.2. The van der Waals surface area contributed by atoms with Gasteiger partial charge in [0.05, 0.1) is 16.8 Å². The van der Waals surface area contributed by atoms with E-state index in [1.165, 1.54) is 11.8 Å². The number of likely N-dealkylation sites (tertiary alicyclic amines) is 1. The highest BCUT2D eigenvalue weighted by atomic mass is 35.5. The van der Waals surface area contributed by atoms with Gasteiger partial charge in [0, 0.05) is 23.8 Å². The van der Waals surface area contributed by atoms with Crippen LogP contribution in [-0.4, -0.2) is 45.1 Å². The molecule has 8 heteroatoms. The summed E-state index contributed by atoms with van der Waals surface area (Å²) in [6, 6.07) is 13.2. The number of fused-ring (bicyclic) bond motifs is 1. The standard InChI is InChI=1S/C25H29ClN4O2S/c1-16-10-17(2)13-29(12-16)24(32)14-30-22-7-5-4-6-21(22)28-25(30)33-15-23(31)27-19-9-8-18(3)20(26)11-19/h4-9,11,16-17H,10,12-15H2,1-3H3,(H,27,31)/t16-,17-/m1/s1. The van der Waals surface area contributed by atoms with E-state index in [1.807, 2.05) is 52.8 Å². The molecule has 1 saturated heterocycles. The van der Waals surface area contributed by atoms with Gasteiger partial charge in [-0.15, -0.1) is 0 Å². The van der Waals surface area contributed by atoms with E-state index < -0.39 is 0 Å². The zero-order chi connectivity index (χ0) is 23.5. The van der Waals surface area contributed by atoms with Crippen LogP contribution in [0, 0.1) is 18.8 Å². The number of hydrogen-bond acceptors (Lipinski definition) is 4. The van der Waals surface area contributed by atoms with Crippen LogP contribution in [0.3, 0.4) is 0 Å². The van der Waals surface area contributed by atoms with Gasteiger partial charge in [0.15, 0.2) is 5.16 Å².